The van der Waals surface area contributed by atoms with Gasteiger partial charge < -0.3 is 4.74 Å². The summed E-state index contributed by atoms with van der Waals surface area (Å²) >= 11 is 0. The van der Waals surface area contributed by atoms with Crippen LogP contribution in [0.15, 0.2) is 0 Å². The lowest BCUT2D eigenvalue weighted by atomic mass is 9.84. The van der Waals surface area contributed by atoms with Crippen LogP contribution in [0.3, 0.4) is 0 Å². The molecule has 0 aliphatic carbocycles. The van der Waals surface area contributed by atoms with Crippen LogP contribution < -0.4 is 0 Å². The molecular formula is C12H24O2. The molecule has 0 spiro atoms. The highest BCUT2D eigenvalue weighted by Gasteiger charge is 2.22. The van der Waals surface area contributed by atoms with Gasteiger partial charge in [0.1, 0.15) is 5.78 Å². The van der Waals surface area contributed by atoms with E-state index in [0.717, 1.165) is 32.5 Å². The lowest BCUT2D eigenvalue weighted by Gasteiger charge is -2.20. The van der Waals surface area contributed by atoms with Crippen molar-refractivity contribution in [3.63, 3.8) is 0 Å². The van der Waals surface area contributed by atoms with Crippen LogP contribution >= 0.6 is 0 Å². The van der Waals surface area contributed by atoms with E-state index >= 15 is 0 Å². The Labute approximate surface area is 88.0 Å². The quantitative estimate of drug-likeness (QED) is 0.562. The Morgan fingerprint density at radius 2 is 1.79 bits per heavy atom. The highest BCUT2D eigenvalue weighted by atomic mass is 16.5. The van der Waals surface area contributed by atoms with E-state index in [1.807, 2.05) is 13.8 Å². The molecular weight excluding hydrogens is 176 g/mol. The molecule has 0 bridgehead atoms. The first-order valence-corrected chi connectivity index (χ1v) is 5.59. The Balaban J connectivity index is 3.40. The average Bonchev–Trinajstić information content (AvgIpc) is 2.10. The molecule has 0 saturated carbocycles. The maximum Gasteiger partial charge on any atom is 0.135 e. The van der Waals surface area contributed by atoms with Gasteiger partial charge in [0.2, 0.25) is 0 Å². The number of Topliss-reactive ketones (excluding diaryl/α,β-unsaturated/α-hetero) is 1. The Bertz CT molecular complexity index is 162. The number of ether oxygens (including phenoxy) is 1. The molecule has 84 valence electrons. The van der Waals surface area contributed by atoms with Crippen LogP contribution in [0, 0.1) is 5.41 Å². The largest absolute Gasteiger partial charge is 0.381 e. The van der Waals surface area contributed by atoms with E-state index in [4.69, 9.17) is 4.74 Å². The summed E-state index contributed by atoms with van der Waals surface area (Å²) in [6, 6.07) is 0. The minimum atomic E-state index is -0.173. The summed E-state index contributed by atoms with van der Waals surface area (Å²) in [5.41, 5.74) is -0.173. The van der Waals surface area contributed by atoms with Crippen molar-refractivity contribution < 1.29 is 9.53 Å². The van der Waals surface area contributed by atoms with Gasteiger partial charge in [0.15, 0.2) is 0 Å². The molecule has 0 amide bonds. The summed E-state index contributed by atoms with van der Waals surface area (Å²) < 4.78 is 5.44. The highest BCUT2D eigenvalue weighted by molar-refractivity contribution is 5.81. The van der Waals surface area contributed by atoms with E-state index in [1.165, 1.54) is 6.42 Å². The molecule has 0 atom stereocenters. The molecule has 2 heteroatoms. The molecule has 0 rings (SSSR count). The Morgan fingerprint density at radius 1 is 1.21 bits per heavy atom. The molecule has 14 heavy (non-hydrogen) atoms. The minimum absolute atomic E-state index is 0.173. The third-order valence-corrected chi connectivity index (χ3v) is 2.69. The number of ketones is 1. The first kappa shape index (κ1) is 13.6. The van der Waals surface area contributed by atoms with Gasteiger partial charge in [0, 0.05) is 18.6 Å². The van der Waals surface area contributed by atoms with Gasteiger partial charge in [-0.2, -0.15) is 0 Å². The van der Waals surface area contributed by atoms with E-state index < -0.39 is 0 Å². The van der Waals surface area contributed by atoms with Gasteiger partial charge in [0.05, 0.1) is 0 Å². The van der Waals surface area contributed by atoms with Gasteiger partial charge in [-0.3, -0.25) is 4.79 Å². The number of unbranched alkanes of at least 4 members (excludes halogenated alkanes) is 1. The van der Waals surface area contributed by atoms with E-state index in [9.17, 15) is 4.79 Å². The fourth-order valence-corrected chi connectivity index (χ4v) is 1.14. The number of hydrogen-bond acceptors (Lipinski definition) is 2. The van der Waals surface area contributed by atoms with Crippen molar-refractivity contribution in [1.82, 2.24) is 0 Å². The predicted octanol–water partition coefficient (Wildman–Crippen LogP) is 3.20. The van der Waals surface area contributed by atoms with Gasteiger partial charge in [-0.1, -0.05) is 27.2 Å². The minimum Gasteiger partial charge on any atom is -0.381 e. The van der Waals surface area contributed by atoms with Crippen molar-refractivity contribution in [2.45, 2.75) is 53.4 Å². The third kappa shape index (κ3) is 6.14. The van der Waals surface area contributed by atoms with Crippen LogP contribution in [0.5, 0.6) is 0 Å². The Kier molecular flexibility index (Phi) is 6.81. The lowest BCUT2D eigenvalue weighted by Crippen LogP contribution is -2.21. The Morgan fingerprint density at radius 3 is 2.29 bits per heavy atom. The van der Waals surface area contributed by atoms with Crippen molar-refractivity contribution in [3.05, 3.63) is 0 Å². The number of rotatable bonds is 8. The summed E-state index contributed by atoms with van der Waals surface area (Å²) in [7, 11) is 0. The zero-order chi connectivity index (χ0) is 11.0. The molecule has 0 aliphatic rings. The first-order chi connectivity index (χ1) is 6.50. The molecule has 0 aliphatic heterocycles. The zero-order valence-electron chi connectivity index (χ0n) is 10.1. The SMILES string of the molecule is CCCCOCCCC(C)(C)C(C)=O. The van der Waals surface area contributed by atoms with E-state index in [0.29, 0.717) is 0 Å². The van der Waals surface area contributed by atoms with Gasteiger partial charge in [-0.05, 0) is 26.2 Å². The van der Waals surface area contributed by atoms with Crippen molar-refractivity contribution in [3.8, 4) is 0 Å². The second-order valence-electron chi connectivity index (χ2n) is 4.51. The number of carbonyl (C=O) groups excluding carboxylic acids is 1. The van der Waals surface area contributed by atoms with Crippen molar-refractivity contribution in [2.24, 2.45) is 5.41 Å². The summed E-state index contributed by atoms with van der Waals surface area (Å²) in [6.45, 7) is 9.47. The molecule has 0 aromatic heterocycles. The second kappa shape index (κ2) is 6.99. The topological polar surface area (TPSA) is 26.3 Å². The van der Waals surface area contributed by atoms with Crippen LogP contribution in [0.2, 0.25) is 0 Å². The monoisotopic (exact) mass is 200 g/mol. The fourth-order valence-electron chi connectivity index (χ4n) is 1.14. The molecule has 0 aromatic rings. The van der Waals surface area contributed by atoms with Gasteiger partial charge >= 0.3 is 0 Å². The molecule has 0 N–H and O–H groups in total. The fraction of sp³-hybridized carbons (Fsp3) is 0.917. The second-order valence-corrected chi connectivity index (χ2v) is 4.51. The standard InChI is InChI=1S/C12H24O2/c1-5-6-9-14-10-7-8-12(3,4)11(2)13/h5-10H2,1-4H3. The van der Waals surface area contributed by atoms with Gasteiger partial charge in [0.25, 0.3) is 0 Å². The maximum atomic E-state index is 11.2. The zero-order valence-corrected chi connectivity index (χ0v) is 10.1. The number of carbonyl (C=O) groups is 1. The van der Waals surface area contributed by atoms with Crippen LogP contribution in [0.4, 0.5) is 0 Å². The summed E-state index contributed by atoms with van der Waals surface area (Å²) in [5, 5.41) is 0. The van der Waals surface area contributed by atoms with E-state index in [1.54, 1.807) is 6.92 Å². The molecule has 0 aromatic carbocycles. The van der Waals surface area contributed by atoms with E-state index in [-0.39, 0.29) is 11.2 Å². The summed E-state index contributed by atoms with van der Waals surface area (Å²) in [6.07, 6.45) is 4.22. The third-order valence-electron chi connectivity index (χ3n) is 2.69. The average molecular weight is 200 g/mol. The van der Waals surface area contributed by atoms with Crippen molar-refractivity contribution in [1.29, 1.82) is 0 Å². The summed E-state index contributed by atoms with van der Waals surface area (Å²) in [5.74, 6) is 0.269. The van der Waals surface area contributed by atoms with Crippen molar-refractivity contribution >= 4 is 5.78 Å². The Hall–Kier alpha value is -0.370. The van der Waals surface area contributed by atoms with E-state index in [2.05, 4.69) is 6.92 Å². The summed E-state index contributed by atoms with van der Waals surface area (Å²) in [4.78, 5) is 11.2. The van der Waals surface area contributed by atoms with Crippen LogP contribution in [0.25, 0.3) is 0 Å². The maximum absolute atomic E-state index is 11.2. The normalized spacial score (nSPS) is 11.7. The van der Waals surface area contributed by atoms with Crippen molar-refractivity contribution in [2.75, 3.05) is 13.2 Å². The van der Waals surface area contributed by atoms with Gasteiger partial charge in [-0.25, -0.2) is 0 Å². The first-order valence-electron chi connectivity index (χ1n) is 5.59. The molecule has 0 unspecified atom stereocenters. The predicted molar refractivity (Wildman–Crippen MR) is 59.4 cm³/mol. The molecule has 0 fully saturated rings. The molecule has 0 heterocycles. The highest BCUT2D eigenvalue weighted by Crippen LogP contribution is 2.23. The lowest BCUT2D eigenvalue weighted by molar-refractivity contribution is -0.125. The smallest absolute Gasteiger partial charge is 0.135 e. The molecule has 0 radical (unpaired) electrons. The van der Waals surface area contributed by atoms with Gasteiger partial charge in [-0.15, -0.1) is 0 Å². The van der Waals surface area contributed by atoms with Crippen LogP contribution in [-0.4, -0.2) is 19.0 Å². The molecule has 2 nitrogen and oxygen atoms in total. The van der Waals surface area contributed by atoms with Crippen LogP contribution in [0.1, 0.15) is 53.4 Å². The molecule has 0 saturated heterocycles. The number of hydrogen-bond donors (Lipinski definition) is 0. The van der Waals surface area contributed by atoms with Crippen LogP contribution in [-0.2, 0) is 9.53 Å².